The third-order valence-electron chi connectivity index (χ3n) is 2.02. The van der Waals surface area contributed by atoms with Crippen molar-refractivity contribution in [3.05, 3.63) is 33.8 Å². The molecule has 0 aliphatic carbocycles. The monoisotopic (exact) mass is 274 g/mol. The molecule has 0 saturated carbocycles. The molecular weight excluding hydrogens is 263 g/mol. The van der Waals surface area contributed by atoms with Gasteiger partial charge in [-0.25, -0.2) is 0 Å². The van der Waals surface area contributed by atoms with Crippen molar-refractivity contribution >= 4 is 29.5 Å². The van der Waals surface area contributed by atoms with Crippen molar-refractivity contribution < 1.29 is 14.3 Å². The van der Waals surface area contributed by atoms with Gasteiger partial charge in [-0.05, 0) is 24.6 Å². The van der Waals surface area contributed by atoms with Gasteiger partial charge in [0.2, 0.25) is 0 Å². The number of hydrogen-bond donors (Lipinski definition) is 0. The highest BCUT2D eigenvalue weighted by molar-refractivity contribution is 6.32. The lowest BCUT2D eigenvalue weighted by atomic mass is 10.2. The Balaban J connectivity index is 3.01. The fraction of sp³-hybridized carbons (Fsp3) is 0.250. The second-order valence-corrected chi connectivity index (χ2v) is 4.02. The van der Waals surface area contributed by atoms with Gasteiger partial charge in [0.15, 0.2) is 11.5 Å². The summed E-state index contributed by atoms with van der Waals surface area (Å²) in [5.41, 5.74) is 2.72. The number of carbonyl (C=O) groups is 1. The topological polar surface area (TPSA) is 35.5 Å². The van der Waals surface area contributed by atoms with Crippen molar-refractivity contribution in [3.63, 3.8) is 0 Å². The number of hydrogen-bond acceptors (Lipinski definition) is 3. The van der Waals surface area contributed by atoms with Crippen LogP contribution in [-0.4, -0.2) is 20.0 Å². The van der Waals surface area contributed by atoms with Gasteiger partial charge in [0.05, 0.1) is 12.1 Å². The summed E-state index contributed by atoms with van der Waals surface area (Å²) in [5, 5.41) is 0.328. The van der Waals surface area contributed by atoms with Crippen LogP contribution < -0.4 is 9.47 Å². The van der Waals surface area contributed by atoms with Crippen molar-refractivity contribution in [2.45, 2.75) is 6.92 Å². The minimum atomic E-state index is 0.306. The van der Waals surface area contributed by atoms with Crippen molar-refractivity contribution in [2.75, 3.05) is 13.7 Å². The Bertz CT molecular complexity index is 442. The van der Waals surface area contributed by atoms with Crippen LogP contribution in [0.3, 0.4) is 0 Å². The van der Waals surface area contributed by atoms with Crippen LogP contribution in [0.25, 0.3) is 0 Å². The van der Waals surface area contributed by atoms with E-state index in [0.717, 1.165) is 5.57 Å². The molecule has 0 spiro atoms. The molecule has 1 rings (SSSR count). The molecule has 1 aromatic rings. The minimum absolute atomic E-state index is 0.306. The lowest BCUT2D eigenvalue weighted by molar-refractivity contribution is 0.112. The maximum absolute atomic E-state index is 10.7. The van der Waals surface area contributed by atoms with Crippen LogP contribution in [0.1, 0.15) is 17.3 Å². The third kappa shape index (κ3) is 3.65. The van der Waals surface area contributed by atoms with Crippen LogP contribution in [0.15, 0.2) is 23.2 Å². The molecule has 0 fully saturated rings. The van der Waals surface area contributed by atoms with E-state index in [2.05, 4.69) is 0 Å². The SMILES string of the molecule is COc1cc(C=O)cc(Cl)c1OC/C(C)=C/Cl. The number of benzene rings is 1. The molecule has 0 aliphatic rings. The largest absolute Gasteiger partial charge is 0.493 e. The normalized spacial score (nSPS) is 11.2. The molecule has 0 N–H and O–H groups in total. The molecule has 92 valence electrons. The first-order valence-electron chi connectivity index (χ1n) is 4.83. The van der Waals surface area contributed by atoms with Crippen molar-refractivity contribution in [1.82, 2.24) is 0 Å². The Kier molecular flexibility index (Phi) is 5.32. The third-order valence-corrected chi connectivity index (χ3v) is 2.67. The van der Waals surface area contributed by atoms with E-state index >= 15 is 0 Å². The highest BCUT2D eigenvalue weighted by atomic mass is 35.5. The van der Waals surface area contributed by atoms with E-state index in [1.54, 1.807) is 6.07 Å². The molecule has 0 unspecified atom stereocenters. The Morgan fingerprint density at radius 2 is 2.18 bits per heavy atom. The number of methoxy groups -OCH3 is 1. The van der Waals surface area contributed by atoms with E-state index in [1.807, 2.05) is 6.92 Å². The molecule has 0 radical (unpaired) electrons. The molecule has 0 amide bonds. The highest BCUT2D eigenvalue weighted by Crippen LogP contribution is 2.36. The summed E-state index contributed by atoms with van der Waals surface area (Å²) in [6, 6.07) is 3.08. The Hall–Kier alpha value is -1.19. The van der Waals surface area contributed by atoms with Crippen molar-refractivity contribution in [2.24, 2.45) is 0 Å². The first-order chi connectivity index (χ1) is 8.12. The lowest BCUT2D eigenvalue weighted by Crippen LogP contribution is -2.01. The van der Waals surface area contributed by atoms with E-state index in [0.29, 0.717) is 35.0 Å². The summed E-state index contributed by atoms with van der Waals surface area (Å²) in [6.07, 6.45) is 0.697. The molecule has 5 heteroatoms. The van der Waals surface area contributed by atoms with Gasteiger partial charge < -0.3 is 9.47 Å². The number of carbonyl (C=O) groups excluding carboxylic acids is 1. The van der Waals surface area contributed by atoms with E-state index in [4.69, 9.17) is 32.7 Å². The molecule has 0 heterocycles. The smallest absolute Gasteiger partial charge is 0.180 e. The zero-order valence-corrected chi connectivity index (χ0v) is 11.0. The van der Waals surface area contributed by atoms with Gasteiger partial charge in [0.25, 0.3) is 0 Å². The molecule has 0 bridgehead atoms. The summed E-state index contributed by atoms with van der Waals surface area (Å²) < 4.78 is 10.6. The number of aldehydes is 1. The van der Waals surface area contributed by atoms with E-state index < -0.39 is 0 Å². The fourth-order valence-corrected chi connectivity index (χ4v) is 1.50. The highest BCUT2D eigenvalue weighted by Gasteiger charge is 2.11. The predicted molar refractivity (Wildman–Crippen MR) is 68.5 cm³/mol. The van der Waals surface area contributed by atoms with Gasteiger partial charge >= 0.3 is 0 Å². The van der Waals surface area contributed by atoms with Crippen LogP contribution >= 0.6 is 23.2 Å². The minimum Gasteiger partial charge on any atom is -0.493 e. The number of halogens is 2. The van der Waals surface area contributed by atoms with Gasteiger partial charge in [-0.15, -0.1) is 0 Å². The molecule has 0 aromatic heterocycles. The maximum Gasteiger partial charge on any atom is 0.180 e. The summed E-state index contributed by atoms with van der Waals surface area (Å²) >= 11 is 11.5. The first-order valence-corrected chi connectivity index (χ1v) is 5.65. The van der Waals surface area contributed by atoms with Gasteiger partial charge in [0, 0.05) is 11.1 Å². The van der Waals surface area contributed by atoms with E-state index in [-0.39, 0.29) is 0 Å². The summed E-state index contributed by atoms with van der Waals surface area (Å²) in [5.74, 6) is 0.819. The second kappa shape index (κ2) is 6.52. The molecule has 0 aliphatic heterocycles. The molecule has 0 saturated heterocycles. The molecule has 3 nitrogen and oxygen atoms in total. The van der Waals surface area contributed by atoms with Crippen LogP contribution in [0, 0.1) is 0 Å². The summed E-state index contributed by atoms with van der Waals surface area (Å²) in [4.78, 5) is 10.7. The Labute approximate surface area is 110 Å². The Morgan fingerprint density at radius 1 is 1.47 bits per heavy atom. The van der Waals surface area contributed by atoms with Crippen molar-refractivity contribution in [1.29, 1.82) is 0 Å². The van der Waals surface area contributed by atoms with Crippen LogP contribution in [-0.2, 0) is 0 Å². The van der Waals surface area contributed by atoms with Crippen LogP contribution in [0.5, 0.6) is 11.5 Å². The lowest BCUT2D eigenvalue weighted by Gasteiger charge is -2.12. The van der Waals surface area contributed by atoms with E-state index in [9.17, 15) is 4.79 Å². The van der Waals surface area contributed by atoms with Crippen LogP contribution in [0.2, 0.25) is 5.02 Å². The fourth-order valence-electron chi connectivity index (χ4n) is 1.17. The average Bonchev–Trinajstić information content (AvgIpc) is 2.35. The van der Waals surface area contributed by atoms with Crippen LogP contribution in [0.4, 0.5) is 0 Å². The zero-order valence-electron chi connectivity index (χ0n) is 9.50. The zero-order chi connectivity index (χ0) is 12.8. The first kappa shape index (κ1) is 13.9. The molecule has 0 atom stereocenters. The van der Waals surface area contributed by atoms with Crippen molar-refractivity contribution in [3.8, 4) is 11.5 Å². The number of ether oxygens (including phenoxy) is 2. The average molecular weight is 275 g/mol. The Morgan fingerprint density at radius 3 is 2.71 bits per heavy atom. The van der Waals surface area contributed by atoms with Gasteiger partial charge in [0.1, 0.15) is 12.9 Å². The quantitative estimate of drug-likeness (QED) is 0.769. The molecular formula is C12H12Cl2O3. The van der Waals surface area contributed by atoms with Gasteiger partial charge in [-0.3, -0.25) is 4.79 Å². The predicted octanol–water partition coefficient (Wildman–Crippen LogP) is 3.68. The molecule has 1 aromatic carbocycles. The standard InChI is InChI=1S/C12H12Cl2O3/c1-8(5-13)7-17-12-10(14)3-9(6-15)4-11(12)16-2/h3-6H,7H2,1-2H3/b8-5+. The number of rotatable bonds is 5. The summed E-state index contributed by atoms with van der Waals surface area (Å²) in [7, 11) is 1.48. The van der Waals surface area contributed by atoms with Gasteiger partial charge in [-0.2, -0.15) is 0 Å². The second-order valence-electron chi connectivity index (χ2n) is 3.40. The van der Waals surface area contributed by atoms with Gasteiger partial charge in [-0.1, -0.05) is 23.2 Å². The van der Waals surface area contributed by atoms with E-state index in [1.165, 1.54) is 18.7 Å². The summed E-state index contributed by atoms with van der Waals surface area (Å²) in [6.45, 7) is 2.13. The molecule has 17 heavy (non-hydrogen) atoms. The maximum atomic E-state index is 10.7.